The molecule has 0 heterocycles. The third-order valence-corrected chi connectivity index (χ3v) is 3.64. The predicted molar refractivity (Wildman–Crippen MR) is 76.1 cm³/mol. The van der Waals surface area contributed by atoms with Gasteiger partial charge >= 0.3 is 5.97 Å². The van der Waals surface area contributed by atoms with Gasteiger partial charge in [-0.3, -0.25) is 9.59 Å². The molecule has 0 aliphatic heterocycles. The van der Waals surface area contributed by atoms with Crippen LogP contribution in [0.4, 0.5) is 0 Å². The molecule has 0 fully saturated rings. The number of hydrogen-bond acceptors (Lipinski definition) is 2. The monoisotopic (exact) mass is 273 g/mol. The van der Waals surface area contributed by atoms with Crippen LogP contribution in [0.25, 0.3) is 0 Å². The third-order valence-electron chi connectivity index (χ3n) is 3.64. The van der Waals surface area contributed by atoms with Crippen LogP contribution in [-0.4, -0.2) is 23.5 Å². The van der Waals surface area contributed by atoms with Gasteiger partial charge < -0.3 is 10.4 Å². The topological polar surface area (TPSA) is 66.4 Å². The van der Waals surface area contributed by atoms with Crippen LogP contribution in [-0.2, 0) is 16.0 Å². The van der Waals surface area contributed by atoms with Crippen LogP contribution in [0.2, 0.25) is 0 Å². The van der Waals surface area contributed by atoms with E-state index in [9.17, 15) is 9.59 Å². The van der Waals surface area contributed by atoms with E-state index in [4.69, 9.17) is 5.11 Å². The molecule has 1 aliphatic rings. The van der Waals surface area contributed by atoms with Gasteiger partial charge in [0.25, 0.3) is 0 Å². The van der Waals surface area contributed by atoms with E-state index >= 15 is 0 Å². The SMILES string of the molecule is O=C(O)[C@H]1CC=CC[C@H]1C(=O)NCCc1ccccc1. The number of amides is 1. The summed E-state index contributed by atoms with van der Waals surface area (Å²) in [4.78, 5) is 23.2. The van der Waals surface area contributed by atoms with Crippen LogP contribution in [0.1, 0.15) is 18.4 Å². The molecule has 0 unspecified atom stereocenters. The molecule has 2 N–H and O–H groups in total. The maximum absolute atomic E-state index is 12.1. The largest absolute Gasteiger partial charge is 0.481 e. The summed E-state index contributed by atoms with van der Waals surface area (Å²) in [6.07, 6.45) is 5.43. The van der Waals surface area contributed by atoms with Crippen molar-refractivity contribution in [1.82, 2.24) is 5.32 Å². The first-order valence-corrected chi connectivity index (χ1v) is 6.88. The summed E-state index contributed by atoms with van der Waals surface area (Å²) in [7, 11) is 0. The molecule has 20 heavy (non-hydrogen) atoms. The van der Waals surface area contributed by atoms with E-state index in [1.54, 1.807) is 0 Å². The van der Waals surface area contributed by atoms with Gasteiger partial charge in [0.1, 0.15) is 0 Å². The molecular formula is C16H19NO3. The van der Waals surface area contributed by atoms with Crippen molar-refractivity contribution in [3.63, 3.8) is 0 Å². The fourth-order valence-corrected chi connectivity index (χ4v) is 2.48. The van der Waals surface area contributed by atoms with Crippen molar-refractivity contribution in [1.29, 1.82) is 0 Å². The predicted octanol–water partition coefficient (Wildman–Crippen LogP) is 2.01. The molecule has 0 saturated heterocycles. The summed E-state index contributed by atoms with van der Waals surface area (Å²) in [5.74, 6) is -2.10. The highest BCUT2D eigenvalue weighted by molar-refractivity contribution is 5.85. The molecule has 0 spiro atoms. The van der Waals surface area contributed by atoms with E-state index in [0.717, 1.165) is 12.0 Å². The van der Waals surface area contributed by atoms with E-state index in [1.165, 1.54) is 0 Å². The van der Waals surface area contributed by atoms with Crippen molar-refractivity contribution < 1.29 is 14.7 Å². The van der Waals surface area contributed by atoms with Crippen molar-refractivity contribution in [2.24, 2.45) is 11.8 Å². The van der Waals surface area contributed by atoms with Crippen LogP contribution in [0.15, 0.2) is 42.5 Å². The van der Waals surface area contributed by atoms with Crippen molar-refractivity contribution in [3.05, 3.63) is 48.0 Å². The molecule has 1 aromatic rings. The second kappa shape index (κ2) is 6.89. The van der Waals surface area contributed by atoms with Gasteiger partial charge in [-0.15, -0.1) is 0 Å². The Balaban J connectivity index is 1.85. The Morgan fingerprint density at radius 2 is 1.75 bits per heavy atom. The van der Waals surface area contributed by atoms with E-state index in [-0.39, 0.29) is 5.91 Å². The van der Waals surface area contributed by atoms with Crippen molar-refractivity contribution in [2.75, 3.05) is 6.54 Å². The fraction of sp³-hybridized carbons (Fsp3) is 0.375. The van der Waals surface area contributed by atoms with E-state index in [2.05, 4.69) is 5.32 Å². The molecule has 2 atom stereocenters. The average molecular weight is 273 g/mol. The number of carboxylic acids is 1. The minimum atomic E-state index is -0.891. The average Bonchev–Trinajstić information content (AvgIpc) is 2.48. The summed E-state index contributed by atoms with van der Waals surface area (Å²) in [6.45, 7) is 0.537. The van der Waals surface area contributed by atoms with Gasteiger partial charge in [0.15, 0.2) is 0 Å². The molecule has 4 nitrogen and oxygen atoms in total. The number of nitrogens with one attached hydrogen (secondary N) is 1. The number of benzene rings is 1. The van der Waals surface area contributed by atoms with Crippen molar-refractivity contribution in [3.8, 4) is 0 Å². The molecule has 106 valence electrons. The van der Waals surface area contributed by atoms with Gasteiger partial charge in [0, 0.05) is 6.54 Å². The zero-order valence-electron chi connectivity index (χ0n) is 11.3. The maximum atomic E-state index is 12.1. The number of allylic oxidation sites excluding steroid dienone is 2. The molecule has 1 aromatic carbocycles. The molecule has 1 aliphatic carbocycles. The number of hydrogen-bond donors (Lipinski definition) is 2. The van der Waals surface area contributed by atoms with Crippen molar-refractivity contribution >= 4 is 11.9 Å². The van der Waals surface area contributed by atoms with Gasteiger partial charge in [-0.1, -0.05) is 42.5 Å². The van der Waals surface area contributed by atoms with Gasteiger partial charge in [-0.05, 0) is 24.8 Å². The van der Waals surface area contributed by atoms with Crippen LogP contribution in [0.3, 0.4) is 0 Å². The number of carbonyl (C=O) groups is 2. The highest BCUT2D eigenvalue weighted by Crippen LogP contribution is 2.25. The second-order valence-corrected chi connectivity index (χ2v) is 5.02. The smallest absolute Gasteiger partial charge is 0.307 e. The van der Waals surface area contributed by atoms with Gasteiger partial charge in [0.05, 0.1) is 11.8 Å². The first-order valence-electron chi connectivity index (χ1n) is 6.88. The standard InChI is InChI=1S/C16H19NO3/c18-15(13-8-4-5-9-14(13)16(19)20)17-11-10-12-6-2-1-3-7-12/h1-7,13-14H,8-11H2,(H,17,18)(H,19,20)/t13-,14+/m1/s1. The summed E-state index contributed by atoms with van der Waals surface area (Å²) in [5.41, 5.74) is 1.16. The molecule has 0 radical (unpaired) electrons. The minimum Gasteiger partial charge on any atom is -0.481 e. The van der Waals surface area contributed by atoms with Gasteiger partial charge in [0.2, 0.25) is 5.91 Å². The third kappa shape index (κ3) is 3.70. The lowest BCUT2D eigenvalue weighted by molar-refractivity contribution is -0.147. The van der Waals surface area contributed by atoms with Crippen LogP contribution < -0.4 is 5.32 Å². The second-order valence-electron chi connectivity index (χ2n) is 5.02. The maximum Gasteiger partial charge on any atom is 0.307 e. The molecule has 4 heteroatoms. The van der Waals surface area contributed by atoms with Gasteiger partial charge in [-0.2, -0.15) is 0 Å². The summed E-state index contributed by atoms with van der Waals surface area (Å²) < 4.78 is 0. The quantitative estimate of drug-likeness (QED) is 0.806. The van der Waals surface area contributed by atoms with E-state index in [1.807, 2.05) is 42.5 Å². The molecule has 0 aromatic heterocycles. The zero-order valence-corrected chi connectivity index (χ0v) is 11.3. The summed E-state index contributed by atoms with van der Waals surface area (Å²) in [6, 6.07) is 9.89. The summed E-state index contributed by atoms with van der Waals surface area (Å²) in [5, 5.41) is 12.0. The first-order chi connectivity index (χ1) is 9.68. The number of carboxylic acid groups (broad SMARTS) is 1. The van der Waals surface area contributed by atoms with Crippen molar-refractivity contribution in [2.45, 2.75) is 19.3 Å². The van der Waals surface area contributed by atoms with Gasteiger partial charge in [-0.25, -0.2) is 0 Å². The van der Waals surface area contributed by atoms with E-state index in [0.29, 0.717) is 19.4 Å². The number of aliphatic carboxylic acids is 1. The summed E-state index contributed by atoms with van der Waals surface area (Å²) >= 11 is 0. The highest BCUT2D eigenvalue weighted by atomic mass is 16.4. The lowest BCUT2D eigenvalue weighted by atomic mass is 9.82. The molecule has 2 rings (SSSR count). The van der Waals surface area contributed by atoms with Crippen LogP contribution in [0.5, 0.6) is 0 Å². The Morgan fingerprint density at radius 3 is 2.40 bits per heavy atom. The van der Waals surface area contributed by atoms with Crippen LogP contribution >= 0.6 is 0 Å². The Labute approximate surface area is 118 Å². The Morgan fingerprint density at radius 1 is 1.10 bits per heavy atom. The first kappa shape index (κ1) is 14.3. The highest BCUT2D eigenvalue weighted by Gasteiger charge is 2.33. The Bertz CT molecular complexity index is 496. The molecule has 1 amide bonds. The Hall–Kier alpha value is -2.10. The number of carbonyl (C=O) groups excluding carboxylic acids is 1. The lowest BCUT2D eigenvalue weighted by Gasteiger charge is -2.24. The Kier molecular flexibility index (Phi) is 4.93. The van der Waals surface area contributed by atoms with Crippen LogP contribution in [0, 0.1) is 11.8 Å². The molecule has 0 saturated carbocycles. The minimum absolute atomic E-state index is 0.155. The van der Waals surface area contributed by atoms with E-state index < -0.39 is 17.8 Å². The normalized spacial score (nSPS) is 21.4. The molecular weight excluding hydrogens is 254 g/mol. The zero-order chi connectivity index (χ0) is 14.4. The molecule has 0 bridgehead atoms. The lowest BCUT2D eigenvalue weighted by Crippen LogP contribution is -2.39. The fourth-order valence-electron chi connectivity index (χ4n) is 2.48. The number of rotatable bonds is 5.